The molecule has 2 aromatic carbocycles. The van der Waals surface area contributed by atoms with Gasteiger partial charge < -0.3 is 10.1 Å². The summed E-state index contributed by atoms with van der Waals surface area (Å²) in [5.41, 5.74) is 3.45. The van der Waals surface area contributed by atoms with E-state index in [2.05, 4.69) is 5.32 Å². The number of hydrogen-bond acceptors (Lipinski definition) is 4. The van der Waals surface area contributed by atoms with Gasteiger partial charge in [0, 0.05) is 0 Å². The number of nitrogens with zero attached hydrogens (tertiary/aromatic N) is 1. The second kappa shape index (κ2) is 9.10. The van der Waals surface area contributed by atoms with Gasteiger partial charge in [-0.3, -0.25) is 9.10 Å². The van der Waals surface area contributed by atoms with E-state index in [-0.39, 0.29) is 18.5 Å². The Balaban J connectivity index is 2.19. The molecule has 1 amide bonds. The summed E-state index contributed by atoms with van der Waals surface area (Å²) >= 11 is 0. The van der Waals surface area contributed by atoms with E-state index in [4.69, 9.17) is 4.74 Å². The third-order valence-electron chi connectivity index (χ3n) is 4.73. The molecule has 0 spiro atoms. The summed E-state index contributed by atoms with van der Waals surface area (Å²) in [7, 11) is -2.00. The molecule has 2 rings (SSSR count). The Labute approximate surface area is 167 Å². The summed E-state index contributed by atoms with van der Waals surface area (Å²) in [5, 5.41) is 2.93. The monoisotopic (exact) mass is 404 g/mol. The van der Waals surface area contributed by atoms with E-state index in [1.54, 1.807) is 19.2 Å². The maximum absolute atomic E-state index is 12.6. The molecule has 152 valence electrons. The average Bonchev–Trinajstić information content (AvgIpc) is 2.65. The van der Waals surface area contributed by atoms with E-state index in [0.29, 0.717) is 12.1 Å². The van der Waals surface area contributed by atoms with E-state index < -0.39 is 10.0 Å². The molecule has 0 heterocycles. The molecule has 0 unspecified atom stereocenters. The highest BCUT2D eigenvalue weighted by Gasteiger charge is 2.23. The van der Waals surface area contributed by atoms with Crippen molar-refractivity contribution in [2.75, 3.05) is 24.2 Å². The number of methoxy groups -OCH3 is 1. The quantitative estimate of drug-likeness (QED) is 0.732. The topological polar surface area (TPSA) is 75.7 Å². The number of rotatable bonds is 8. The van der Waals surface area contributed by atoms with E-state index in [0.717, 1.165) is 33.0 Å². The summed E-state index contributed by atoms with van der Waals surface area (Å²) in [6.07, 6.45) is 1.79. The number of ether oxygens (including phenoxy) is 1. The minimum Gasteiger partial charge on any atom is -0.497 e. The van der Waals surface area contributed by atoms with E-state index in [1.165, 1.54) is 0 Å². The lowest BCUT2D eigenvalue weighted by Crippen LogP contribution is -2.41. The Bertz CT molecular complexity index is 924. The van der Waals surface area contributed by atoms with Crippen molar-refractivity contribution < 1.29 is 17.9 Å². The molecule has 2 aromatic rings. The van der Waals surface area contributed by atoms with Crippen LogP contribution >= 0.6 is 0 Å². The van der Waals surface area contributed by atoms with Crippen molar-refractivity contribution in [3.8, 4) is 5.75 Å². The highest BCUT2D eigenvalue weighted by molar-refractivity contribution is 7.92. The van der Waals surface area contributed by atoms with Crippen LogP contribution in [-0.4, -0.2) is 34.2 Å². The first-order valence-corrected chi connectivity index (χ1v) is 11.0. The fraction of sp³-hybridized carbons (Fsp3) is 0.381. The molecule has 0 saturated heterocycles. The smallest absolute Gasteiger partial charge is 0.241 e. The van der Waals surface area contributed by atoms with Crippen LogP contribution in [0.1, 0.15) is 36.1 Å². The minimum absolute atomic E-state index is 0.209. The first-order chi connectivity index (χ1) is 13.2. The Morgan fingerprint density at radius 3 is 2.25 bits per heavy atom. The van der Waals surface area contributed by atoms with E-state index in [9.17, 15) is 13.2 Å². The van der Waals surface area contributed by atoms with Crippen LogP contribution in [0.5, 0.6) is 5.75 Å². The average molecular weight is 405 g/mol. The van der Waals surface area contributed by atoms with Gasteiger partial charge in [0.2, 0.25) is 15.9 Å². The summed E-state index contributed by atoms with van der Waals surface area (Å²) in [4.78, 5) is 12.6. The predicted octanol–water partition coefficient (Wildman–Crippen LogP) is 3.35. The van der Waals surface area contributed by atoms with E-state index in [1.807, 2.05) is 51.1 Å². The van der Waals surface area contributed by atoms with Gasteiger partial charge in [0.1, 0.15) is 12.3 Å². The molecular weight excluding hydrogens is 376 g/mol. The van der Waals surface area contributed by atoms with Crippen molar-refractivity contribution in [3.63, 3.8) is 0 Å². The van der Waals surface area contributed by atoms with Gasteiger partial charge in [-0.1, -0.05) is 25.1 Å². The van der Waals surface area contributed by atoms with Crippen LogP contribution in [0.2, 0.25) is 0 Å². The zero-order valence-electron chi connectivity index (χ0n) is 17.0. The zero-order chi connectivity index (χ0) is 20.9. The lowest BCUT2D eigenvalue weighted by Gasteiger charge is -2.24. The number of hydrogen-bond donors (Lipinski definition) is 1. The van der Waals surface area contributed by atoms with Crippen molar-refractivity contribution in [1.82, 2.24) is 5.32 Å². The normalized spacial score (nSPS) is 12.3. The number of carbonyl (C=O) groups excluding carboxylic acids is 1. The number of nitrogens with one attached hydrogen (secondary N) is 1. The molecule has 28 heavy (non-hydrogen) atoms. The maximum Gasteiger partial charge on any atom is 0.241 e. The Kier molecular flexibility index (Phi) is 7.07. The van der Waals surface area contributed by atoms with Crippen LogP contribution in [0.25, 0.3) is 0 Å². The fourth-order valence-electron chi connectivity index (χ4n) is 2.91. The van der Waals surface area contributed by atoms with Gasteiger partial charge in [-0.05, 0) is 61.2 Å². The number of anilines is 1. The largest absolute Gasteiger partial charge is 0.497 e. The van der Waals surface area contributed by atoms with Gasteiger partial charge in [-0.25, -0.2) is 8.42 Å². The van der Waals surface area contributed by atoms with Crippen LogP contribution < -0.4 is 14.4 Å². The third kappa shape index (κ3) is 5.48. The molecule has 0 aliphatic carbocycles. The molecule has 6 nitrogen and oxygen atoms in total. The van der Waals surface area contributed by atoms with Gasteiger partial charge in [0.25, 0.3) is 0 Å². The minimum atomic E-state index is -3.60. The molecule has 7 heteroatoms. The van der Waals surface area contributed by atoms with Crippen LogP contribution in [0.15, 0.2) is 42.5 Å². The molecule has 0 aliphatic rings. The van der Waals surface area contributed by atoms with Crippen LogP contribution in [0.3, 0.4) is 0 Å². The molecule has 0 fully saturated rings. The number of amides is 1. The maximum atomic E-state index is 12.6. The van der Waals surface area contributed by atoms with Gasteiger partial charge in [0.05, 0.1) is 25.1 Å². The molecular formula is C21H28N2O4S. The lowest BCUT2D eigenvalue weighted by atomic mass is 10.0. The SMILES string of the molecule is CC[C@@H](NC(=O)CN(c1ccc(C)c(C)c1)S(C)(=O)=O)c1ccc(OC)cc1. The Morgan fingerprint density at radius 1 is 1.11 bits per heavy atom. The van der Waals surface area contributed by atoms with Gasteiger partial charge in [0.15, 0.2) is 0 Å². The molecule has 1 atom stereocenters. The number of sulfonamides is 1. The molecule has 0 saturated carbocycles. The number of benzene rings is 2. The summed E-state index contributed by atoms with van der Waals surface area (Å²) in [6.45, 7) is 5.56. The first-order valence-electron chi connectivity index (χ1n) is 9.14. The first kappa shape index (κ1) is 21.8. The van der Waals surface area contributed by atoms with Gasteiger partial charge >= 0.3 is 0 Å². The second-order valence-corrected chi connectivity index (χ2v) is 8.75. The number of carbonyl (C=O) groups is 1. The van der Waals surface area contributed by atoms with Crippen molar-refractivity contribution >= 4 is 21.6 Å². The van der Waals surface area contributed by atoms with Gasteiger partial charge in [-0.2, -0.15) is 0 Å². The van der Waals surface area contributed by atoms with Crippen molar-refractivity contribution in [2.24, 2.45) is 0 Å². The third-order valence-corrected chi connectivity index (χ3v) is 5.87. The highest BCUT2D eigenvalue weighted by atomic mass is 32.2. The van der Waals surface area contributed by atoms with Crippen LogP contribution in [0.4, 0.5) is 5.69 Å². The van der Waals surface area contributed by atoms with Crippen LogP contribution in [0, 0.1) is 13.8 Å². The molecule has 1 N–H and O–H groups in total. The zero-order valence-corrected chi connectivity index (χ0v) is 17.8. The van der Waals surface area contributed by atoms with Crippen molar-refractivity contribution in [2.45, 2.75) is 33.2 Å². The van der Waals surface area contributed by atoms with E-state index >= 15 is 0 Å². The molecule has 0 aromatic heterocycles. The molecule has 0 radical (unpaired) electrons. The van der Waals surface area contributed by atoms with Crippen molar-refractivity contribution in [3.05, 3.63) is 59.2 Å². The Morgan fingerprint density at radius 2 is 1.75 bits per heavy atom. The fourth-order valence-corrected chi connectivity index (χ4v) is 3.76. The summed E-state index contributed by atoms with van der Waals surface area (Å²) < 4.78 is 30.9. The standard InChI is InChI=1S/C21H28N2O4S/c1-6-20(17-8-11-19(27-4)12-9-17)22-21(24)14-23(28(5,25)26)18-10-7-15(2)16(3)13-18/h7-13,20H,6,14H2,1-5H3,(H,22,24)/t20-/m1/s1. The summed E-state index contributed by atoms with van der Waals surface area (Å²) in [6, 6.07) is 12.6. The second-order valence-electron chi connectivity index (χ2n) is 6.84. The summed E-state index contributed by atoms with van der Waals surface area (Å²) in [5.74, 6) is 0.384. The highest BCUT2D eigenvalue weighted by Crippen LogP contribution is 2.22. The van der Waals surface area contributed by atoms with Crippen LogP contribution in [-0.2, 0) is 14.8 Å². The lowest BCUT2D eigenvalue weighted by molar-refractivity contribution is -0.120. The number of aryl methyl sites for hydroxylation is 2. The Hall–Kier alpha value is -2.54. The van der Waals surface area contributed by atoms with Gasteiger partial charge in [-0.15, -0.1) is 0 Å². The molecule has 0 aliphatic heterocycles. The van der Waals surface area contributed by atoms with Crippen molar-refractivity contribution in [1.29, 1.82) is 0 Å². The molecule has 0 bridgehead atoms. The predicted molar refractivity (Wildman–Crippen MR) is 112 cm³/mol.